The van der Waals surface area contributed by atoms with E-state index in [0.717, 1.165) is 4.57 Å². The zero-order valence-electron chi connectivity index (χ0n) is 23.1. The molecule has 0 radical (unpaired) electrons. The van der Waals surface area contributed by atoms with E-state index >= 15 is 0 Å². The number of hydrogen-bond donors (Lipinski definition) is 1. The van der Waals surface area contributed by atoms with Crippen molar-refractivity contribution < 1.29 is 52.3 Å². The molecule has 1 amide bonds. The van der Waals surface area contributed by atoms with Gasteiger partial charge in [0, 0.05) is 20.0 Å². The molecule has 226 valence electrons. The molecule has 1 aromatic heterocycles. The van der Waals surface area contributed by atoms with Gasteiger partial charge in [0.2, 0.25) is 0 Å². The smallest absolute Gasteiger partial charge is 0.444 e. The van der Waals surface area contributed by atoms with Crippen LogP contribution in [0.5, 0.6) is 11.5 Å². The Kier molecular flexibility index (Phi) is 10.4. The molecule has 1 saturated heterocycles. The first-order valence-electron chi connectivity index (χ1n) is 12.8. The minimum absolute atomic E-state index is 0.0234. The second-order valence-corrected chi connectivity index (χ2v) is 8.88. The van der Waals surface area contributed by atoms with E-state index in [9.17, 15) is 24.0 Å². The number of benzene rings is 2. The van der Waals surface area contributed by atoms with Crippen molar-refractivity contribution in [3.05, 3.63) is 82.4 Å². The minimum Gasteiger partial charge on any atom is -0.444 e. The van der Waals surface area contributed by atoms with Gasteiger partial charge in [-0.1, -0.05) is 24.3 Å². The summed E-state index contributed by atoms with van der Waals surface area (Å²) in [5.41, 5.74) is 0.562. The maximum atomic E-state index is 12.5. The van der Waals surface area contributed by atoms with Gasteiger partial charge in [0.15, 0.2) is 12.5 Å². The van der Waals surface area contributed by atoms with Crippen molar-refractivity contribution in [2.45, 2.75) is 39.6 Å². The highest BCUT2D eigenvalue weighted by molar-refractivity contribution is 5.83. The van der Waals surface area contributed by atoms with Crippen molar-refractivity contribution in [2.24, 2.45) is 0 Å². The standard InChI is InChI=1S/C28H27N3O12/c1-17(32)41-21-7-3-19(4-8-21)13-38-27(35)30-23-11-12-31(26(34)29-23)24-15-37-25(43-24)16-40-28(36)39-14-20-5-9-22(10-6-20)42-18(2)33/h3-12,24-25H,13-16H2,1-2H3,(H,29,30,34,35). The topological polar surface area (TPSA) is 180 Å². The van der Waals surface area contributed by atoms with Gasteiger partial charge in [-0.3, -0.25) is 19.5 Å². The van der Waals surface area contributed by atoms with Gasteiger partial charge >= 0.3 is 29.9 Å². The second-order valence-electron chi connectivity index (χ2n) is 8.88. The number of esters is 2. The van der Waals surface area contributed by atoms with Gasteiger partial charge in [0.25, 0.3) is 0 Å². The number of aromatic nitrogens is 2. The summed E-state index contributed by atoms with van der Waals surface area (Å²) in [6.45, 7) is 2.12. The predicted molar refractivity (Wildman–Crippen MR) is 144 cm³/mol. The first kappa shape index (κ1) is 30.7. The lowest BCUT2D eigenvalue weighted by Crippen LogP contribution is -2.29. The number of ether oxygens (including phenoxy) is 7. The van der Waals surface area contributed by atoms with Crippen LogP contribution < -0.4 is 20.5 Å². The Hall–Kier alpha value is -5.28. The molecule has 1 N–H and O–H groups in total. The highest BCUT2D eigenvalue weighted by Gasteiger charge is 2.29. The van der Waals surface area contributed by atoms with Crippen LogP contribution in [0.25, 0.3) is 0 Å². The van der Waals surface area contributed by atoms with E-state index in [2.05, 4.69) is 10.3 Å². The molecule has 15 heteroatoms. The van der Waals surface area contributed by atoms with Crippen molar-refractivity contribution in [1.82, 2.24) is 9.55 Å². The molecule has 1 aliphatic heterocycles. The maximum absolute atomic E-state index is 12.5. The summed E-state index contributed by atoms with van der Waals surface area (Å²) in [6, 6.07) is 14.1. The summed E-state index contributed by atoms with van der Waals surface area (Å²) >= 11 is 0. The van der Waals surface area contributed by atoms with Crippen LogP contribution in [0.4, 0.5) is 15.4 Å². The number of hydrogen-bond acceptors (Lipinski definition) is 13. The molecular formula is C28H27N3O12. The third kappa shape index (κ3) is 9.65. The Labute approximate surface area is 244 Å². The monoisotopic (exact) mass is 597 g/mol. The Morgan fingerprint density at radius 3 is 2.00 bits per heavy atom. The van der Waals surface area contributed by atoms with Gasteiger partial charge in [-0.15, -0.1) is 0 Å². The van der Waals surface area contributed by atoms with Crippen molar-refractivity contribution >= 4 is 30.0 Å². The number of rotatable bonds is 10. The normalized spacial score (nSPS) is 15.7. The quantitative estimate of drug-likeness (QED) is 0.266. The molecule has 1 fully saturated rings. The molecule has 2 unspecified atom stereocenters. The molecule has 2 aromatic carbocycles. The molecule has 43 heavy (non-hydrogen) atoms. The SMILES string of the molecule is CC(=O)Oc1ccc(COC(=O)Nc2ccn(C3COC(COC(=O)OCc4ccc(OC(C)=O)cc4)O3)c(=O)n2)cc1. The van der Waals surface area contributed by atoms with Crippen LogP contribution >= 0.6 is 0 Å². The number of anilines is 1. The predicted octanol–water partition coefficient (Wildman–Crippen LogP) is 3.07. The van der Waals surface area contributed by atoms with Gasteiger partial charge in [0.1, 0.15) is 37.1 Å². The van der Waals surface area contributed by atoms with E-state index in [1.165, 1.54) is 26.1 Å². The van der Waals surface area contributed by atoms with E-state index < -0.39 is 42.4 Å². The summed E-state index contributed by atoms with van der Waals surface area (Å²) < 4.78 is 37.2. The fourth-order valence-electron chi connectivity index (χ4n) is 3.63. The van der Waals surface area contributed by atoms with E-state index in [-0.39, 0.29) is 32.2 Å². The lowest BCUT2D eigenvalue weighted by molar-refractivity contribution is -0.132. The molecular weight excluding hydrogens is 570 g/mol. The Morgan fingerprint density at radius 2 is 1.44 bits per heavy atom. The molecule has 15 nitrogen and oxygen atoms in total. The van der Waals surface area contributed by atoms with E-state index in [1.807, 2.05) is 0 Å². The Balaban J connectivity index is 1.17. The van der Waals surface area contributed by atoms with Gasteiger partial charge in [-0.05, 0) is 41.5 Å². The van der Waals surface area contributed by atoms with Crippen molar-refractivity contribution in [1.29, 1.82) is 0 Å². The first-order chi connectivity index (χ1) is 20.6. The van der Waals surface area contributed by atoms with Crippen molar-refractivity contribution in [3.63, 3.8) is 0 Å². The summed E-state index contributed by atoms with van der Waals surface area (Å²) in [4.78, 5) is 62.3. The van der Waals surface area contributed by atoms with Gasteiger partial charge in [-0.25, -0.2) is 14.4 Å². The van der Waals surface area contributed by atoms with Crippen LogP contribution in [0.1, 0.15) is 31.2 Å². The highest BCUT2D eigenvalue weighted by Crippen LogP contribution is 2.20. The van der Waals surface area contributed by atoms with E-state index in [4.69, 9.17) is 33.2 Å². The average molecular weight is 598 g/mol. The van der Waals surface area contributed by atoms with Gasteiger partial charge in [0.05, 0.1) is 6.61 Å². The summed E-state index contributed by atoms with van der Waals surface area (Å²) in [5, 5.41) is 2.37. The minimum atomic E-state index is -0.958. The molecule has 3 aromatic rings. The molecule has 1 aliphatic rings. The summed E-state index contributed by atoms with van der Waals surface area (Å²) in [6.07, 6.45) is -2.24. The Morgan fingerprint density at radius 1 is 0.860 bits per heavy atom. The van der Waals surface area contributed by atoms with Crippen LogP contribution in [0.2, 0.25) is 0 Å². The van der Waals surface area contributed by atoms with Crippen LogP contribution in [0.15, 0.2) is 65.6 Å². The summed E-state index contributed by atoms with van der Waals surface area (Å²) in [5.74, 6) is -0.209. The fourth-order valence-corrected chi connectivity index (χ4v) is 3.63. The first-order valence-corrected chi connectivity index (χ1v) is 12.8. The van der Waals surface area contributed by atoms with E-state index in [1.54, 1.807) is 48.5 Å². The van der Waals surface area contributed by atoms with E-state index in [0.29, 0.717) is 22.6 Å². The average Bonchev–Trinajstić information content (AvgIpc) is 3.43. The van der Waals surface area contributed by atoms with Crippen molar-refractivity contribution in [3.8, 4) is 11.5 Å². The largest absolute Gasteiger partial charge is 0.508 e. The van der Waals surface area contributed by atoms with Crippen LogP contribution in [0, 0.1) is 0 Å². The zero-order chi connectivity index (χ0) is 30.8. The Bertz CT molecular complexity index is 1500. The van der Waals surface area contributed by atoms with Gasteiger partial charge in [-0.2, -0.15) is 4.98 Å². The molecule has 2 atom stereocenters. The van der Waals surface area contributed by atoms with Crippen LogP contribution in [-0.4, -0.2) is 53.2 Å². The van der Waals surface area contributed by atoms with Crippen molar-refractivity contribution in [2.75, 3.05) is 18.5 Å². The molecule has 4 rings (SSSR count). The molecule has 0 saturated carbocycles. The van der Waals surface area contributed by atoms with Gasteiger partial charge < -0.3 is 33.2 Å². The number of nitrogens with one attached hydrogen (secondary N) is 1. The zero-order valence-corrected chi connectivity index (χ0v) is 23.1. The maximum Gasteiger partial charge on any atom is 0.508 e. The molecule has 0 spiro atoms. The molecule has 2 heterocycles. The fraction of sp³-hybridized carbons (Fsp3) is 0.286. The molecule has 0 aliphatic carbocycles. The third-order valence-corrected chi connectivity index (χ3v) is 5.54. The highest BCUT2D eigenvalue weighted by atomic mass is 16.8. The number of carbonyl (C=O) groups is 4. The second kappa shape index (κ2) is 14.6. The summed E-state index contributed by atoms with van der Waals surface area (Å²) in [7, 11) is 0. The lowest BCUT2D eigenvalue weighted by atomic mass is 10.2. The third-order valence-electron chi connectivity index (χ3n) is 5.54. The van der Waals surface area contributed by atoms with Crippen LogP contribution in [-0.2, 0) is 46.5 Å². The lowest BCUT2D eigenvalue weighted by Gasteiger charge is -2.14. The molecule has 0 bridgehead atoms. The van der Waals surface area contributed by atoms with Crippen LogP contribution in [0.3, 0.4) is 0 Å². The number of nitrogens with zero attached hydrogens (tertiary/aromatic N) is 2. The number of amides is 1. The number of carbonyl (C=O) groups excluding carboxylic acids is 4.